The highest BCUT2D eigenvalue weighted by atomic mass is 19.4. The fourth-order valence-corrected chi connectivity index (χ4v) is 2.24. The van der Waals surface area contributed by atoms with Crippen molar-refractivity contribution in [3.63, 3.8) is 0 Å². The molecule has 138 valence electrons. The first-order chi connectivity index (χ1) is 12.8. The Labute approximate surface area is 151 Å². The van der Waals surface area contributed by atoms with E-state index in [1.54, 1.807) is 6.07 Å². The van der Waals surface area contributed by atoms with E-state index in [1.165, 1.54) is 36.5 Å². The van der Waals surface area contributed by atoms with Crippen molar-refractivity contribution in [2.24, 2.45) is 0 Å². The lowest BCUT2D eigenvalue weighted by Crippen LogP contribution is -2.18. The summed E-state index contributed by atoms with van der Waals surface area (Å²) in [4.78, 5) is 19.9. The van der Waals surface area contributed by atoms with Crippen LogP contribution >= 0.6 is 0 Å². The maximum atomic E-state index is 13.6. The largest absolute Gasteiger partial charge is 0.418 e. The van der Waals surface area contributed by atoms with E-state index in [1.807, 2.05) is 0 Å². The fourth-order valence-electron chi connectivity index (χ4n) is 2.24. The van der Waals surface area contributed by atoms with Crippen LogP contribution in [0.25, 0.3) is 0 Å². The molecule has 27 heavy (non-hydrogen) atoms. The van der Waals surface area contributed by atoms with Gasteiger partial charge in [-0.15, -0.1) is 0 Å². The summed E-state index contributed by atoms with van der Waals surface area (Å²) in [6.45, 7) is 0. The molecule has 0 saturated heterocycles. The van der Waals surface area contributed by atoms with Gasteiger partial charge in [-0.25, -0.2) is 14.4 Å². The van der Waals surface area contributed by atoms with Gasteiger partial charge in [0.05, 0.1) is 29.3 Å². The molecule has 0 atom stereocenters. The molecule has 3 rings (SSSR count). The van der Waals surface area contributed by atoms with Crippen molar-refractivity contribution in [1.82, 2.24) is 9.97 Å². The second kappa shape index (κ2) is 7.40. The highest BCUT2D eigenvalue weighted by Gasteiger charge is 2.33. The van der Waals surface area contributed by atoms with Crippen LogP contribution in [-0.4, -0.2) is 15.9 Å². The van der Waals surface area contributed by atoms with Crippen LogP contribution in [0, 0.1) is 5.82 Å². The first-order valence-electron chi connectivity index (χ1n) is 7.66. The number of carbonyl (C=O) groups is 1. The topological polar surface area (TPSA) is 66.9 Å². The van der Waals surface area contributed by atoms with E-state index in [2.05, 4.69) is 20.6 Å². The van der Waals surface area contributed by atoms with Gasteiger partial charge in [-0.2, -0.15) is 13.2 Å². The first kappa shape index (κ1) is 18.3. The van der Waals surface area contributed by atoms with Crippen molar-refractivity contribution in [2.45, 2.75) is 6.18 Å². The minimum absolute atomic E-state index is 0.170. The standard InChI is InChI=1S/C18H12F4N4O/c19-12-6-2-4-8-14(12)25-16-10-23-15(9-24-16)17(27)26-13-7-3-1-5-11(13)18(20,21)22/h1-10H,(H,24,25)(H,26,27). The predicted molar refractivity (Wildman–Crippen MR) is 91.1 cm³/mol. The Kier molecular flexibility index (Phi) is 5.02. The van der Waals surface area contributed by atoms with Crippen molar-refractivity contribution in [3.8, 4) is 0 Å². The van der Waals surface area contributed by atoms with Gasteiger partial charge in [0.1, 0.15) is 17.3 Å². The third kappa shape index (κ3) is 4.38. The highest BCUT2D eigenvalue weighted by molar-refractivity contribution is 6.03. The number of benzene rings is 2. The number of alkyl halides is 3. The van der Waals surface area contributed by atoms with Crippen LogP contribution < -0.4 is 10.6 Å². The molecule has 5 nitrogen and oxygen atoms in total. The molecule has 1 aromatic heterocycles. The van der Waals surface area contributed by atoms with Gasteiger partial charge in [0.25, 0.3) is 5.91 Å². The molecule has 0 aliphatic heterocycles. The summed E-state index contributed by atoms with van der Waals surface area (Å²) in [7, 11) is 0. The summed E-state index contributed by atoms with van der Waals surface area (Å²) in [5, 5.41) is 4.86. The molecule has 1 amide bonds. The van der Waals surface area contributed by atoms with E-state index < -0.39 is 23.5 Å². The maximum Gasteiger partial charge on any atom is 0.418 e. The number of hydrogen-bond donors (Lipinski definition) is 2. The molecule has 3 aromatic rings. The minimum atomic E-state index is -4.61. The first-order valence-corrected chi connectivity index (χ1v) is 7.66. The molecule has 2 N–H and O–H groups in total. The lowest BCUT2D eigenvalue weighted by molar-refractivity contribution is -0.136. The van der Waals surface area contributed by atoms with E-state index in [-0.39, 0.29) is 22.9 Å². The van der Waals surface area contributed by atoms with E-state index >= 15 is 0 Å². The smallest absolute Gasteiger partial charge is 0.337 e. The molecule has 1 heterocycles. The molecule has 0 aliphatic rings. The Balaban J connectivity index is 1.75. The molecule has 0 radical (unpaired) electrons. The van der Waals surface area contributed by atoms with Crippen LogP contribution in [0.5, 0.6) is 0 Å². The Hall–Kier alpha value is -3.49. The Bertz CT molecular complexity index is 958. The van der Waals surface area contributed by atoms with Gasteiger partial charge in [0.15, 0.2) is 0 Å². The van der Waals surface area contributed by atoms with Gasteiger partial charge in [-0.3, -0.25) is 4.79 Å². The summed E-state index contributed by atoms with van der Waals surface area (Å²) in [5.74, 6) is -1.17. The highest BCUT2D eigenvalue weighted by Crippen LogP contribution is 2.34. The Morgan fingerprint density at radius 1 is 0.889 bits per heavy atom. The zero-order valence-electron chi connectivity index (χ0n) is 13.6. The normalized spacial score (nSPS) is 11.1. The van der Waals surface area contributed by atoms with Crippen LogP contribution in [0.2, 0.25) is 0 Å². The summed E-state index contributed by atoms with van der Waals surface area (Å²) < 4.78 is 52.5. The van der Waals surface area contributed by atoms with E-state index in [0.717, 1.165) is 18.3 Å². The van der Waals surface area contributed by atoms with E-state index in [0.29, 0.717) is 0 Å². The molecule has 0 spiro atoms. The number of halogens is 4. The van der Waals surface area contributed by atoms with Crippen molar-refractivity contribution in [1.29, 1.82) is 0 Å². The number of nitrogens with one attached hydrogen (secondary N) is 2. The zero-order valence-corrected chi connectivity index (χ0v) is 13.6. The fraction of sp³-hybridized carbons (Fsp3) is 0.0556. The quantitative estimate of drug-likeness (QED) is 0.652. The summed E-state index contributed by atoms with van der Waals surface area (Å²) in [6, 6.07) is 10.5. The second-order valence-electron chi connectivity index (χ2n) is 5.39. The molecule has 2 aromatic carbocycles. The summed E-state index contributed by atoms with van der Waals surface area (Å²) in [5.41, 5.74) is -1.37. The van der Waals surface area contributed by atoms with Crippen molar-refractivity contribution in [2.75, 3.05) is 10.6 Å². The zero-order chi connectivity index (χ0) is 19.4. The molecular formula is C18H12F4N4O. The Morgan fingerprint density at radius 2 is 1.56 bits per heavy atom. The lowest BCUT2D eigenvalue weighted by Gasteiger charge is -2.13. The van der Waals surface area contributed by atoms with Crippen LogP contribution in [0.4, 0.5) is 34.8 Å². The van der Waals surface area contributed by atoms with Gasteiger partial charge in [0, 0.05) is 0 Å². The predicted octanol–water partition coefficient (Wildman–Crippen LogP) is 4.63. The maximum absolute atomic E-state index is 13.6. The molecule has 0 saturated carbocycles. The van der Waals surface area contributed by atoms with Crippen molar-refractivity contribution < 1.29 is 22.4 Å². The van der Waals surface area contributed by atoms with Gasteiger partial charge in [0.2, 0.25) is 0 Å². The van der Waals surface area contributed by atoms with Gasteiger partial charge in [-0.05, 0) is 24.3 Å². The second-order valence-corrected chi connectivity index (χ2v) is 5.39. The Morgan fingerprint density at radius 3 is 2.19 bits per heavy atom. The monoisotopic (exact) mass is 376 g/mol. The van der Waals surface area contributed by atoms with E-state index in [4.69, 9.17) is 0 Å². The van der Waals surface area contributed by atoms with Gasteiger partial charge in [-0.1, -0.05) is 24.3 Å². The lowest BCUT2D eigenvalue weighted by atomic mass is 10.1. The number of anilines is 3. The van der Waals surface area contributed by atoms with Crippen LogP contribution in [0.15, 0.2) is 60.9 Å². The van der Waals surface area contributed by atoms with Crippen LogP contribution in [-0.2, 0) is 6.18 Å². The molecule has 0 aliphatic carbocycles. The SMILES string of the molecule is O=C(Nc1ccccc1C(F)(F)F)c1cnc(Nc2ccccc2F)cn1. The third-order valence-electron chi connectivity index (χ3n) is 3.50. The average Bonchev–Trinajstić information content (AvgIpc) is 2.64. The molecule has 0 bridgehead atoms. The van der Waals surface area contributed by atoms with E-state index in [9.17, 15) is 22.4 Å². The minimum Gasteiger partial charge on any atom is -0.337 e. The van der Waals surface area contributed by atoms with Gasteiger partial charge < -0.3 is 10.6 Å². The number of nitrogens with zero attached hydrogens (tertiary/aromatic N) is 2. The van der Waals surface area contributed by atoms with Crippen LogP contribution in [0.1, 0.15) is 16.1 Å². The van der Waals surface area contributed by atoms with Crippen LogP contribution in [0.3, 0.4) is 0 Å². The summed E-state index contributed by atoms with van der Waals surface area (Å²) >= 11 is 0. The number of aromatic nitrogens is 2. The molecule has 9 heteroatoms. The number of carbonyl (C=O) groups excluding carboxylic acids is 1. The van der Waals surface area contributed by atoms with Crippen molar-refractivity contribution in [3.05, 3.63) is 78.0 Å². The third-order valence-corrected chi connectivity index (χ3v) is 3.50. The summed E-state index contributed by atoms with van der Waals surface area (Å²) in [6.07, 6.45) is -2.35. The van der Waals surface area contributed by atoms with Gasteiger partial charge >= 0.3 is 6.18 Å². The number of amides is 1. The number of rotatable bonds is 4. The molecular weight excluding hydrogens is 364 g/mol. The molecule has 0 unspecified atom stereocenters. The average molecular weight is 376 g/mol. The number of para-hydroxylation sites is 2. The number of hydrogen-bond acceptors (Lipinski definition) is 4. The molecule has 0 fully saturated rings. The van der Waals surface area contributed by atoms with Crippen molar-refractivity contribution >= 4 is 23.1 Å².